The van der Waals surface area contributed by atoms with E-state index in [0.29, 0.717) is 22.6 Å². The normalized spacial score (nSPS) is 10.1. The fourth-order valence-corrected chi connectivity index (χ4v) is 2.24. The van der Waals surface area contributed by atoms with Crippen LogP contribution in [0.3, 0.4) is 0 Å². The molecule has 0 heterocycles. The average Bonchev–Trinajstić information content (AvgIpc) is 2.57. The zero-order valence-electron chi connectivity index (χ0n) is 12.3. The number of carbonyl (C=O) groups excluding carboxylic acids is 1. The van der Waals surface area contributed by atoms with Crippen molar-refractivity contribution in [3.8, 4) is 22.6 Å². The molecule has 0 aliphatic rings. The highest BCUT2D eigenvalue weighted by Crippen LogP contribution is 2.35. The lowest BCUT2D eigenvalue weighted by molar-refractivity contribution is 0.215. The van der Waals surface area contributed by atoms with E-state index < -0.39 is 6.09 Å². The first kappa shape index (κ1) is 14.7. The molecule has 23 heavy (non-hydrogen) atoms. The highest BCUT2D eigenvalue weighted by Gasteiger charge is 2.12. The Hall–Kier alpha value is -3.27. The minimum absolute atomic E-state index is 0.131. The summed E-state index contributed by atoms with van der Waals surface area (Å²) in [4.78, 5) is 12.1. The third-order valence-electron chi connectivity index (χ3n) is 3.30. The van der Waals surface area contributed by atoms with Crippen LogP contribution in [-0.4, -0.2) is 11.2 Å². The Morgan fingerprint density at radius 1 is 0.783 bits per heavy atom. The average molecular weight is 305 g/mol. The second-order valence-corrected chi connectivity index (χ2v) is 4.89. The minimum atomic E-state index is -0.584. The number of hydrogen-bond acceptors (Lipinski definition) is 3. The van der Waals surface area contributed by atoms with E-state index in [2.05, 4.69) is 5.32 Å². The van der Waals surface area contributed by atoms with Crippen LogP contribution in [0.15, 0.2) is 78.9 Å². The van der Waals surface area contributed by atoms with Gasteiger partial charge in [0.2, 0.25) is 0 Å². The summed E-state index contributed by atoms with van der Waals surface area (Å²) in [6.45, 7) is 0. The van der Waals surface area contributed by atoms with Crippen molar-refractivity contribution in [3.63, 3.8) is 0 Å². The van der Waals surface area contributed by atoms with Crippen molar-refractivity contribution < 1.29 is 14.6 Å². The van der Waals surface area contributed by atoms with Gasteiger partial charge in [0, 0.05) is 16.8 Å². The lowest BCUT2D eigenvalue weighted by Gasteiger charge is -2.12. The van der Waals surface area contributed by atoms with Crippen LogP contribution < -0.4 is 10.1 Å². The molecule has 0 saturated carbocycles. The van der Waals surface area contributed by atoms with Gasteiger partial charge in [0.15, 0.2) is 0 Å². The second-order valence-electron chi connectivity index (χ2n) is 4.89. The molecule has 0 atom stereocenters. The Labute approximate surface area is 134 Å². The summed E-state index contributed by atoms with van der Waals surface area (Å²) in [7, 11) is 0. The summed E-state index contributed by atoms with van der Waals surface area (Å²) in [5.41, 5.74) is 1.90. The van der Waals surface area contributed by atoms with E-state index in [0.717, 1.165) is 0 Å². The van der Waals surface area contributed by atoms with Crippen LogP contribution in [0.4, 0.5) is 10.5 Å². The number of phenols is 1. The Balaban J connectivity index is 1.84. The third-order valence-corrected chi connectivity index (χ3v) is 3.30. The predicted molar refractivity (Wildman–Crippen MR) is 89.6 cm³/mol. The molecule has 1 amide bonds. The quantitative estimate of drug-likeness (QED) is 0.739. The molecule has 0 bridgehead atoms. The van der Waals surface area contributed by atoms with Gasteiger partial charge < -0.3 is 9.84 Å². The van der Waals surface area contributed by atoms with E-state index in [1.165, 1.54) is 0 Å². The van der Waals surface area contributed by atoms with Crippen LogP contribution in [0, 0.1) is 0 Å². The van der Waals surface area contributed by atoms with Gasteiger partial charge in [0.05, 0.1) is 0 Å². The van der Waals surface area contributed by atoms with Gasteiger partial charge in [-0.25, -0.2) is 4.79 Å². The van der Waals surface area contributed by atoms with E-state index in [1.54, 1.807) is 48.5 Å². The Morgan fingerprint density at radius 2 is 1.39 bits per heavy atom. The zero-order valence-corrected chi connectivity index (χ0v) is 12.3. The third kappa shape index (κ3) is 3.49. The molecule has 4 nitrogen and oxygen atoms in total. The molecule has 3 aromatic carbocycles. The van der Waals surface area contributed by atoms with E-state index in [1.807, 2.05) is 30.3 Å². The lowest BCUT2D eigenvalue weighted by atomic mass is 10.0. The minimum Gasteiger partial charge on any atom is -0.507 e. The van der Waals surface area contributed by atoms with Crippen molar-refractivity contribution in [3.05, 3.63) is 78.9 Å². The topological polar surface area (TPSA) is 58.6 Å². The molecule has 0 radical (unpaired) electrons. The Bertz CT molecular complexity index is 816. The monoisotopic (exact) mass is 305 g/mol. The van der Waals surface area contributed by atoms with Gasteiger partial charge in [-0.15, -0.1) is 0 Å². The number of rotatable bonds is 3. The molecule has 0 saturated heterocycles. The smallest absolute Gasteiger partial charge is 0.417 e. The van der Waals surface area contributed by atoms with Gasteiger partial charge in [-0.3, -0.25) is 5.32 Å². The van der Waals surface area contributed by atoms with Crippen molar-refractivity contribution >= 4 is 11.8 Å². The molecule has 0 aliphatic carbocycles. The number of carbonyl (C=O) groups is 1. The van der Waals surface area contributed by atoms with Crippen molar-refractivity contribution in [2.75, 3.05) is 5.32 Å². The standard InChI is InChI=1S/C19H15NO3/c21-17-12-6-4-10-15(17)16-11-5-7-13-18(16)23-19(22)20-14-8-2-1-3-9-14/h1-13,21H,(H,20,22). The number of hydrogen-bond donors (Lipinski definition) is 2. The number of phenolic OH excluding ortho intramolecular Hbond substituents is 1. The summed E-state index contributed by atoms with van der Waals surface area (Å²) in [6.07, 6.45) is -0.584. The largest absolute Gasteiger partial charge is 0.507 e. The van der Waals surface area contributed by atoms with Gasteiger partial charge >= 0.3 is 6.09 Å². The van der Waals surface area contributed by atoms with Crippen molar-refractivity contribution in [1.82, 2.24) is 0 Å². The molecule has 114 valence electrons. The SMILES string of the molecule is O=C(Nc1ccccc1)Oc1ccccc1-c1ccccc1O. The highest BCUT2D eigenvalue weighted by atomic mass is 16.6. The van der Waals surface area contributed by atoms with Gasteiger partial charge in [-0.2, -0.15) is 0 Å². The Kier molecular flexibility index (Phi) is 4.25. The van der Waals surface area contributed by atoms with E-state index in [-0.39, 0.29) is 5.75 Å². The summed E-state index contributed by atoms with van der Waals surface area (Å²) >= 11 is 0. The summed E-state index contributed by atoms with van der Waals surface area (Å²) in [6, 6.07) is 23.1. The molecule has 0 spiro atoms. The molecule has 2 N–H and O–H groups in total. The van der Waals surface area contributed by atoms with Crippen LogP contribution >= 0.6 is 0 Å². The molecule has 4 heteroatoms. The number of para-hydroxylation sites is 3. The molecule has 0 aromatic heterocycles. The summed E-state index contributed by atoms with van der Waals surface area (Å²) < 4.78 is 5.40. The number of aromatic hydroxyl groups is 1. The second kappa shape index (κ2) is 6.66. The number of anilines is 1. The highest BCUT2D eigenvalue weighted by molar-refractivity contribution is 5.88. The van der Waals surface area contributed by atoms with Crippen LogP contribution in [-0.2, 0) is 0 Å². The van der Waals surface area contributed by atoms with Gasteiger partial charge in [-0.1, -0.05) is 54.6 Å². The van der Waals surface area contributed by atoms with Crippen molar-refractivity contribution in [1.29, 1.82) is 0 Å². The van der Waals surface area contributed by atoms with Crippen molar-refractivity contribution in [2.24, 2.45) is 0 Å². The van der Waals surface area contributed by atoms with E-state index >= 15 is 0 Å². The summed E-state index contributed by atoms with van der Waals surface area (Å²) in [5, 5.41) is 12.7. The van der Waals surface area contributed by atoms with E-state index in [4.69, 9.17) is 4.74 Å². The van der Waals surface area contributed by atoms with E-state index in [9.17, 15) is 9.90 Å². The van der Waals surface area contributed by atoms with Gasteiger partial charge in [0.1, 0.15) is 11.5 Å². The molecule has 0 unspecified atom stereocenters. The van der Waals surface area contributed by atoms with Crippen LogP contribution in [0.1, 0.15) is 0 Å². The first-order chi connectivity index (χ1) is 11.2. The van der Waals surface area contributed by atoms with Crippen LogP contribution in [0.5, 0.6) is 11.5 Å². The Morgan fingerprint density at radius 3 is 2.13 bits per heavy atom. The fraction of sp³-hybridized carbons (Fsp3) is 0. The van der Waals surface area contributed by atoms with Crippen LogP contribution in [0.25, 0.3) is 11.1 Å². The molecular weight excluding hydrogens is 290 g/mol. The summed E-state index contributed by atoms with van der Waals surface area (Å²) in [5.74, 6) is 0.509. The molecule has 3 aromatic rings. The first-order valence-corrected chi connectivity index (χ1v) is 7.15. The first-order valence-electron chi connectivity index (χ1n) is 7.15. The number of benzene rings is 3. The number of nitrogens with one attached hydrogen (secondary N) is 1. The van der Waals surface area contributed by atoms with Crippen LogP contribution in [0.2, 0.25) is 0 Å². The maximum absolute atomic E-state index is 12.1. The number of amides is 1. The molecule has 0 aliphatic heterocycles. The van der Waals surface area contributed by atoms with Gasteiger partial charge in [-0.05, 0) is 24.3 Å². The predicted octanol–water partition coefficient (Wildman–Crippen LogP) is 4.67. The maximum Gasteiger partial charge on any atom is 0.417 e. The van der Waals surface area contributed by atoms with Crippen molar-refractivity contribution in [2.45, 2.75) is 0 Å². The molecule has 0 fully saturated rings. The van der Waals surface area contributed by atoms with Gasteiger partial charge in [0.25, 0.3) is 0 Å². The lowest BCUT2D eigenvalue weighted by Crippen LogP contribution is -2.17. The molecular formula is C19H15NO3. The molecule has 3 rings (SSSR count). The fourth-order valence-electron chi connectivity index (χ4n) is 2.24. The number of ether oxygens (including phenoxy) is 1. The maximum atomic E-state index is 12.1. The zero-order chi connectivity index (χ0) is 16.1.